The smallest absolute Gasteiger partial charge is 0.203 e. The fourth-order valence-electron chi connectivity index (χ4n) is 2.52. The summed E-state index contributed by atoms with van der Waals surface area (Å²) < 4.78 is 10.6. The van der Waals surface area contributed by atoms with Crippen LogP contribution in [0.4, 0.5) is 0 Å². The molecular formula is C16H14O6. The summed E-state index contributed by atoms with van der Waals surface area (Å²) >= 11 is 0. The maximum Gasteiger partial charge on any atom is 0.203 e. The van der Waals surface area contributed by atoms with E-state index in [1.54, 1.807) is 12.1 Å². The summed E-state index contributed by atoms with van der Waals surface area (Å²) in [5.41, 5.74) is 0.719. The first kappa shape index (κ1) is 14.1. The van der Waals surface area contributed by atoms with Crippen LogP contribution < -0.4 is 9.47 Å². The minimum Gasteiger partial charge on any atom is -0.508 e. The van der Waals surface area contributed by atoms with Gasteiger partial charge in [-0.05, 0) is 17.7 Å². The van der Waals surface area contributed by atoms with Crippen molar-refractivity contribution >= 4 is 5.78 Å². The first-order chi connectivity index (χ1) is 10.5. The van der Waals surface area contributed by atoms with Crippen molar-refractivity contribution in [2.24, 2.45) is 0 Å². The largest absolute Gasteiger partial charge is 0.508 e. The molecule has 0 saturated carbocycles. The Hall–Kier alpha value is -2.89. The lowest BCUT2D eigenvalue weighted by Gasteiger charge is -2.26. The molecule has 0 unspecified atom stereocenters. The van der Waals surface area contributed by atoms with Gasteiger partial charge >= 0.3 is 0 Å². The molecular weight excluding hydrogens is 288 g/mol. The van der Waals surface area contributed by atoms with Crippen molar-refractivity contribution in [1.82, 2.24) is 0 Å². The number of rotatable bonds is 2. The third-order valence-corrected chi connectivity index (χ3v) is 3.59. The van der Waals surface area contributed by atoms with E-state index in [4.69, 9.17) is 9.47 Å². The van der Waals surface area contributed by atoms with Crippen molar-refractivity contribution in [3.05, 3.63) is 41.5 Å². The van der Waals surface area contributed by atoms with Gasteiger partial charge in [0.15, 0.2) is 17.3 Å². The van der Waals surface area contributed by atoms with Crippen LogP contribution in [-0.2, 0) is 0 Å². The van der Waals surface area contributed by atoms with Crippen molar-refractivity contribution in [1.29, 1.82) is 0 Å². The van der Waals surface area contributed by atoms with Crippen LogP contribution in [-0.4, -0.2) is 28.2 Å². The molecule has 22 heavy (non-hydrogen) atoms. The molecule has 1 aliphatic heterocycles. The number of aromatic hydroxyl groups is 3. The minimum absolute atomic E-state index is 0.00433. The van der Waals surface area contributed by atoms with Crippen molar-refractivity contribution in [3.8, 4) is 28.7 Å². The number of methoxy groups -OCH3 is 1. The number of Topliss-reactive ketones (excluding diaryl/α,β-unsaturated/α-hetero) is 1. The van der Waals surface area contributed by atoms with Crippen molar-refractivity contribution in [2.45, 2.75) is 12.5 Å². The number of phenolic OH excluding ortho intramolecular Hbond substituents is 3. The van der Waals surface area contributed by atoms with E-state index in [0.29, 0.717) is 5.56 Å². The molecule has 1 atom stereocenters. The Kier molecular flexibility index (Phi) is 3.29. The van der Waals surface area contributed by atoms with Crippen LogP contribution in [0.15, 0.2) is 30.3 Å². The van der Waals surface area contributed by atoms with Crippen LogP contribution in [0.25, 0.3) is 0 Å². The molecule has 2 aromatic carbocycles. The molecule has 0 aromatic heterocycles. The number of hydrogen-bond acceptors (Lipinski definition) is 6. The Morgan fingerprint density at radius 2 is 1.86 bits per heavy atom. The third-order valence-electron chi connectivity index (χ3n) is 3.59. The van der Waals surface area contributed by atoms with E-state index in [9.17, 15) is 20.1 Å². The van der Waals surface area contributed by atoms with Crippen LogP contribution in [0.5, 0.6) is 28.7 Å². The highest BCUT2D eigenvalue weighted by atomic mass is 16.5. The Morgan fingerprint density at radius 3 is 2.50 bits per heavy atom. The lowest BCUT2D eigenvalue weighted by molar-refractivity contribution is 0.0843. The Labute approximate surface area is 126 Å². The molecule has 0 bridgehead atoms. The van der Waals surface area contributed by atoms with Gasteiger partial charge in [0.2, 0.25) is 5.75 Å². The number of ketones is 1. The monoisotopic (exact) mass is 302 g/mol. The van der Waals surface area contributed by atoms with Crippen molar-refractivity contribution in [3.63, 3.8) is 0 Å². The summed E-state index contributed by atoms with van der Waals surface area (Å²) in [6.07, 6.45) is -0.507. The maximum absolute atomic E-state index is 12.3. The predicted octanol–water partition coefficient (Wildman–Crippen LogP) is 2.52. The highest BCUT2D eigenvalue weighted by Gasteiger charge is 2.33. The summed E-state index contributed by atoms with van der Waals surface area (Å²) in [7, 11) is 1.29. The van der Waals surface area contributed by atoms with Gasteiger partial charge in [-0.2, -0.15) is 0 Å². The van der Waals surface area contributed by atoms with Crippen LogP contribution in [0.2, 0.25) is 0 Å². The Bertz CT molecular complexity index is 735. The van der Waals surface area contributed by atoms with Gasteiger partial charge in [0.05, 0.1) is 13.5 Å². The van der Waals surface area contributed by atoms with E-state index in [-0.39, 0.29) is 40.8 Å². The van der Waals surface area contributed by atoms with E-state index in [2.05, 4.69) is 0 Å². The van der Waals surface area contributed by atoms with E-state index >= 15 is 0 Å². The maximum atomic E-state index is 12.3. The molecule has 3 N–H and O–H groups in total. The van der Waals surface area contributed by atoms with E-state index in [0.717, 1.165) is 0 Å². The van der Waals surface area contributed by atoms with Gasteiger partial charge in [-0.15, -0.1) is 0 Å². The molecule has 6 nitrogen and oxygen atoms in total. The summed E-state index contributed by atoms with van der Waals surface area (Å²) in [5, 5.41) is 29.2. The highest BCUT2D eigenvalue weighted by molar-refractivity contribution is 6.03. The SMILES string of the molecule is COc1c(O)cc2c(c1O)C(=O)C[C@H](c1ccc(O)cc1)O2. The zero-order chi connectivity index (χ0) is 15.9. The minimum atomic E-state index is -0.548. The van der Waals surface area contributed by atoms with E-state index < -0.39 is 11.9 Å². The second kappa shape index (κ2) is 5.14. The second-order valence-electron chi connectivity index (χ2n) is 4.98. The van der Waals surface area contributed by atoms with Crippen molar-refractivity contribution in [2.75, 3.05) is 7.11 Å². The van der Waals surface area contributed by atoms with Gasteiger partial charge < -0.3 is 24.8 Å². The van der Waals surface area contributed by atoms with Gasteiger partial charge in [0.1, 0.15) is 23.2 Å². The highest BCUT2D eigenvalue weighted by Crippen LogP contribution is 2.48. The standard InChI is InChI=1S/C16H14O6/c1-21-16-11(19)7-13-14(15(16)20)10(18)6-12(22-13)8-2-4-9(17)5-3-8/h2-5,7,12,17,19-20H,6H2,1H3/t12-/m1/s1. The number of benzene rings is 2. The third kappa shape index (κ3) is 2.18. The first-order valence-electron chi connectivity index (χ1n) is 6.63. The fraction of sp³-hybridized carbons (Fsp3) is 0.188. The zero-order valence-electron chi connectivity index (χ0n) is 11.7. The molecule has 0 fully saturated rings. The lowest BCUT2D eigenvalue weighted by atomic mass is 9.95. The van der Waals surface area contributed by atoms with Crippen LogP contribution >= 0.6 is 0 Å². The molecule has 0 spiro atoms. The van der Waals surface area contributed by atoms with Gasteiger partial charge in [0, 0.05) is 6.07 Å². The van der Waals surface area contributed by atoms with Gasteiger partial charge in [-0.1, -0.05) is 12.1 Å². The first-order valence-corrected chi connectivity index (χ1v) is 6.63. The Balaban J connectivity index is 2.03. The van der Waals surface area contributed by atoms with Gasteiger partial charge in [-0.25, -0.2) is 0 Å². The quantitative estimate of drug-likeness (QED) is 0.789. The lowest BCUT2D eigenvalue weighted by Crippen LogP contribution is -2.20. The molecule has 1 aliphatic rings. The Morgan fingerprint density at radius 1 is 1.18 bits per heavy atom. The van der Waals surface area contributed by atoms with E-state index in [1.807, 2.05) is 0 Å². The number of fused-ring (bicyclic) bond motifs is 1. The van der Waals surface area contributed by atoms with Crippen LogP contribution in [0, 0.1) is 0 Å². The molecule has 0 aliphatic carbocycles. The number of ether oxygens (including phenoxy) is 2. The average Bonchev–Trinajstić information content (AvgIpc) is 2.47. The molecule has 0 saturated heterocycles. The molecule has 114 valence electrons. The number of phenols is 3. The summed E-state index contributed by atoms with van der Waals surface area (Å²) in [5.74, 6) is -0.977. The molecule has 2 aromatic rings. The topological polar surface area (TPSA) is 96.2 Å². The summed E-state index contributed by atoms with van der Waals surface area (Å²) in [6.45, 7) is 0. The van der Waals surface area contributed by atoms with Crippen molar-refractivity contribution < 1.29 is 29.6 Å². The average molecular weight is 302 g/mol. The molecule has 1 heterocycles. The van der Waals surface area contributed by atoms with Gasteiger partial charge in [0.25, 0.3) is 0 Å². The number of carbonyl (C=O) groups is 1. The second-order valence-corrected chi connectivity index (χ2v) is 4.98. The fourth-order valence-corrected chi connectivity index (χ4v) is 2.52. The molecule has 0 radical (unpaired) electrons. The molecule has 6 heteroatoms. The molecule has 0 amide bonds. The zero-order valence-corrected chi connectivity index (χ0v) is 11.7. The normalized spacial score (nSPS) is 16.8. The molecule has 3 rings (SSSR count). The predicted molar refractivity (Wildman–Crippen MR) is 76.7 cm³/mol. The van der Waals surface area contributed by atoms with Crippen LogP contribution in [0.1, 0.15) is 28.4 Å². The summed E-state index contributed by atoms with van der Waals surface area (Å²) in [6, 6.07) is 7.56. The van der Waals surface area contributed by atoms with E-state index in [1.165, 1.54) is 25.3 Å². The number of hydrogen-bond donors (Lipinski definition) is 3. The van der Waals surface area contributed by atoms with Crippen LogP contribution in [0.3, 0.4) is 0 Å². The summed E-state index contributed by atoms with van der Waals surface area (Å²) in [4.78, 5) is 12.3. The number of carbonyl (C=O) groups excluding carboxylic acids is 1. The van der Waals surface area contributed by atoms with Gasteiger partial charge in [-0.3, -0.25) is 4.79 Å².